The SMILES string of the molecule is COc1cc(F)c(C(CN)C(=O)O)c(F)c1. The zero-order valence-corrected chi connectivity index (χ0v) is 8.54. The molecule has 0 spiro atoms. The highest BCUT2D eigenvalue weighted by atomic mass is 19.1. The van der Waals surface area contributed by atoms with Crippen molar-refractivity contribution in [3.63, 3.8) is 0 Å². The van der Waals surface area contributed by atoms with E-state index >= 15 is 0 Å². The number of carboxylic acids is 1. The maximum absolute atomic E-state index is 13.5. The van der Waals surface area contributed by atoms with Crippen LogP contribution in [0.1, 0.15) is 11.5 Å². The summed E-state index contributed by atoms with van der Waals surface area (Å²) in [5.41, 5.74) is 4.62. The molecule has 6 heteroatoms. The molecule has 0 bridgehead atoms. The van der Waals surface area contributed by atoms with Gasteiger partial charge in [0.05, 0.1) is 13.0 Å². The first-order chi connectivity index (χ1) is 7.51. The Bertz CT molecular complexity index is 386. The van der Waals surface area contributed by atoms with E-state index in [-0.39, 0.29) is 12.3 Å². The van der Waals surface area contributed by atoms with Gasteiger partial charge in [0.15, 0.2) is 0 Å². The lowest BCUT2D eigenvalue weighted by Crippen LogP contribution is -2.23. The van der Waals surface area contributed by atoms with E-state index in [0.29, 0.717) is 0 Å². The van der Waals surface area contributed by atoms with Crippen molar-refractivity contribution in [2.45, 2.75) is 5.92 Å². The summed E-state index contributed by atoms with van der Waals surface area (Å²) in [6, 6.07) is 1.84. The molecular weight excluding hydrogens is 220 g/mol. The number of ether oxygens (including phenoxy) is 1. The largest absolute Gasteiger partial charge is 0.497 e. The predicted octanol–water partition coefficient (Wildman–Crippen LogP) is 1.10. The molecule has 0 aliphatic carbocycles. The van der Waals surface area contributed by atoms with Crippen LogP contribution in [-0.4, -0.2) is 24.7 Å². The number of benzene rings is 1. The van der Waals surface area contributed by atoms with Gasteiger partial charge in [0.1, 0.15) is 17.4 Å². The second kappa shape index (κ2) is 4.89. The summed E-state index contributed by atoms with van der Waals surface area (Å²) in [6.07, 6.45) is 0. The zero-order chi connectivity index (χ0) is 12.3. The molecule has 1 rings (SSSR count). The highest BCUT2D eigenvalue weighted by molar-refractivity contribution is 5.76. The van der Waals surface area contributed by atoms with Crippen molar-refractivity contribution in [2.75, 3.05) is 13.7 Å². The first-order valence-corrected chi connectivity index (χ1v) is 4.47. The van der Waals surface area contributed by atoms with Crippen LogP contribution >= 0.6 is 0 Å². The number of carboxylic acid groups (broad SMARTS) is 1. The molecule has 0 saturated carbocycles. The number of carbonyl (C=O) groups is 1. The smallest absolute Gasteiger partial charge is 0.312 e. The first-order valence-electron chi connectivity index (χ1n) is 4.47. The van der Waals surface area contributed by atoms with E-state index in [2.05, 4.69) is 4.74 Å². The molecule has 0 fully saturated rings. The van der Waals surface area contributed by atoms with E-state index in [1.807, 2.05) is 0 Å². The number of halogens is 2. The van der Waals surface area contributed by atoms with Gasteiger partial charge >= 0.3 is 5.97 Å². The minimum absolute atomic E-state index is 0.0140. The minimum atomic E-state index is -1.40. The van der Waals surface area contributed by atoms with Crippen LogP contribution in [0.5, 0.6) is 5.75 Å². The van der Waals surface area contributed by atoms with Crippen LogP contribution in [0.2, 0.25) is 0 Å². The van der Waals surface area contributed by atoms with Crippen molar-refractivity contribution in [3.05, 3.63) is 29.3 Å². The third-order valence-electron chi connectivity index (χ3n) is 2.17. The molecule has 1 unspecified atom stereocenters. The molecule has 4 nitrogen and oxygen atoms in total. The molecule has 1 atom stereocenters. The van der Waals surface area contributed by atoms with Gasteiger partial charge in [-0.05, 0) is 0 Å². The van der Waals surface area contributed by atoms with E-state index < -0.39 is 29.1 Å². The van der Waals surface area contributed by atoms with Gasteiger partial charge < -0.3 is 15.6 Å². The number of hydrogen-bond acceptors (Lipinski definition) is 3. The van der Waals surface area contributed by atoms with Crippen molar-refractivity contribution in [3.8, 4) is 5.75 Å². The fourth-order valence-corrected chi connectivity index (χ4v) is 1.35. The summed E-state index contributed by atoms with van der Waals surface area (Å²) in [5.74, 6) is -4.74. The quantitative estimate of drug-likeness (QED) is 0.813. The number of methoxy groups -OCH3 is 1. The van der Waals surface area contributed by atoms with Gasteiger partial charge in [0.2, 0.25) is 0 Å². The van der Waals surface area contributed by atoms with E-state index in [0.717, 1.165) is 12.1 Å². The van der Waals surface area contributed by atoms with Crippen LogP contribution < -0.4 is 10.5 Å². The fraction of sp³-hybridized carbons (Fsp3) is 0.300. The van der Waals surface area contributed by atoms with Crippen LogP contribution in [-0.2, 0) is 4.79 Å². The Hall–Kier alpha value is -1.69. The minimum Gasteiger partial charge on any atom is -0.497 e. The highest BCUT2D eigenvalue weighted by Crippen LogP contribution is 2.26. The van der Waals surface area contributed by atoms with E-state index in [1.165, 1.54) is 7.11 Å². The van der Waals surface area contributed by atoms with Crippen LogP contribution in [0.15, 0.2) is 12.1 Å². The summed E-state index contributed by atoms with van der Waals surface area (Å²) in [6.45, 7) is -0.379. The second-order valence-electron chi connectivity index (χ2n) is 3.13. The normalized spacial score (nSPS) is 12.2. The highest BCUT2D eigenvalue weighted by Gasteiger charge is 2.26. The molecule has 1 aromatic carbocycles. The standard InChI is InChI=1S/C10H11F2NO3/c1-16-5-2-7(11)9(8(12)3-5)6(4-13)10(14)15/h2-3,6H,4,13H2,1H3,(H,14,15). The predicted molar refractivity (Wildman–Crippen MR) is 52.3 cm³/mol. The summed E-state index contributed by atoms with van der Waals surface area (Å²) in [4.78, 5) is 10.7. The van der Waals surface area contributed by atoms with Crippen LogP contribution in [0.25, 0.3) is 0 Å². The number of hydrogen-bond donors (Lipinski definition) is 2. The van der Waals surface area contributed by atoms with Crippen molar-refractivity contribution in [2.24, 2.45) is 5.73 Å². The average molecular weight is 231 g/mol. The maximum Gasteiger partial charge on any atom is 0.312 e. The lowest BCUT2D eigenvalue weighted by atomic mass is 9.98. The summed E-state index contributed by atoms with van der Waals surface area (Å²) < 4.78 is 31.6. The van der Waals surface area contributed by atoms with Crippen molar-refractivity contribution in [1.82, 2.24) is 0 Å². The third-order valence-corrected chi connectivity index (χ3v) is 2.17. The Labute approximate surface area is 90.6 Å². The van der Waals surface area contributed by atoms with E-state index in [9.17, 15) is 13.6 Å². The Kier molecular flexibility index (Phi) is 3.78. The molecule has 0 heterocycles. The molecule has 0 radical (unpaired) electrons. The van der Waals surface area contributed by atoms with Gasteiger partial charge in [-0.2, -0.15) is 0 Å². The van der Waals surface area contributed by atoms with Gasteiger partial charge in [-0.3, -0.25) is 4.79 Å². The molecule has 0 aliphatic rings. The molecule has 0 saturated heterocycles. The van der Waals surface area contributed by atoms with E-state index in [1.54, 1.807) is 0 Å². The Morgan fingerprint density at radius 3 is 2.31 bits per heavy atom. The Balaban J connectivity index is 3.27. The maximum atomic E-state index is 13.5. The molecule has 16 heavy (non-hydrogen) atoms. The van der Waals surface area contributed by atoms with Gasteiger partial charge in [-0.15, -0.1) is 0 Å². The molecule has 1 aromatic rings. The van der Waals surface area contributed by atoms with Gasteiger partial charge in [-0.25, -0.2) is 8.78 Å². The first kappa shape index (κ1) is 12.4. The topological polar surface area (TPSA) is 72.5 Å². The zero-order valence-electron chi connectivity index (χ0n) is 8.54. The molecule has 0 amide bonds. The fourth-order valence-electron chi connectivity index (χ4n) is 1.35. The molecule has 0 aromatic heterocycles. The van der Waals surface area contributed by atoms with Crippen LogP contribution in [0.4, 0.5) is 8.78 Å². The van der Waals surface area contributed by atoms with Crippen molar-refractivity contribution < 1.29 is 23.4 Å². The van der Waals surface area contributed by atoms with Crippen molar-refractivity contribution in [1.29, 1.82) is 0 Å². The summed E-state index contributed by atoms with van der Waals surface area (Å²) in [5, 5.41) is 8.76. The number of rotatable bonds is 4. The molecule has 3 N–H and O–H groups in total. The van der Waals surface area contributed by atoms with Crippen molar-refractivity contribution >= 4 is 5.97 Å². The number of nitrogens with two attached hydrogens (primary N) is 1. The van der Waals surface area contributed by atoms with Crippen LogP contribution in [0.3, 0.4) is 0 Å². The lowest BCUT2D eigenvalue weighted by Gasteiger charge is -2.13. The second-order valence-corrected chi connectivity index (χ2v) is 3.13. The van der Waals surface area contributed by atoms with E-state index in [4.69, 9.17) is 10.8 Å². The molecule has 0 aliphatic heterocycles. The monoisotopic (exact) mass is 231 g/mol. The summed E-state index contributed by atoms with van der Waals surface area (Å²) >= 11 is 0. The van der Waals surface area contributed by atoms with Crippen LogP contribution in [0, 0.1) is 11.6 Å². The Morgan fingerprint density at radius 2 is 2.00 bits per heavy atom. The summed E-state index contributed by atoms with van der Waals surface area (Å²) in [7, 11) is 1.26. The third kappa shape index (κ3) is 2.27. The van der Waals surface area contributed by atoms with Gasteiger partial charge in [0, 0.05) is 24.2 Å². The molecular formula is C10H11F2NO3. The molecule has 88 valence electrons. The van der Waals surface area contributed by atoms with Gasteiger partial charge in [-0.1, -0.05) is 0 Å². The average Bonchev–Trinajstić information content (AvgIpc) is 2.22. The number of aliphatic carboxylic acids is 1. The Morgan fingerprint density at radius 1 is 1.50 bits per heavy atom. The lowest BCUT2D eigenvalue weighted by molar-refractivity contribution is -0.138. The van der Waals surface area contributed by atoms with Gasteiger partial charge in [0.25, 0.3) is 0 Å².